The highest BCUT2D eigenvalue weighted by atomic mass is 32.2. The minimum atomic E-state index is -2.96. The molecule has 2 fully saturated rings. The summed E-state index contributed by atoms with van der Waals surface area (Å²) in [5.41, 5.74) is 4.18. The Morgan fingerprint density at radius 1 is 1.00 bits per heavy atom. The molecule has 3 aromatic rings. The third-order valence-electron chi connectivity index (χ3n) is 7.63. The Balaban J connectivity index is 1.46. The molecule has 0 bridgehead atoms. The highest BCUT2D eigenvalue weighted by Crippen LogP contribution is 2.21. The molecule has 9 nitrogen and oxygen atoms in total. The molecule has 0 atom stereocenters. The second-order valence-electron chi connectivity index (χ2n) is 10.8. The Morgan fingerprint density at radius 3 is 2.41 bits per heavy atom. The number of nitrogens with zero attached hydrogens (tertiary/aromatic N) is 3. The average molecular weight is 577 g/mol. The molecule has 2 aromatic carbocycles. The summed E-state index contributed by atoms with van der Waals surface area (Å²) in [7, 11) is -1.14. The van der Waals surface area contributed by atoms with Crippen LogP contribution < -0.4 is 10.7 Å². The third-order valence-corrected chi connectivity index (χ3v) is 9.23. The van der Waals surface area contributed by atoms with Gasteiger partial charge in [-0.25, -0.2) is 8.42 Å². The molecule has 0 saturated carbocycles. The number of ether oxygens (including phenoxy) is 1. The molecular weight excluding hydrogens is 540 g/mol. The van der Waals surface area contributed by atoms with Gasteiger partial charge in [0.2, 0.25) is 5.43 Å². The van der Waals surface area contributed by atoms with Crippen molar-refractivity contribution >= 4 is 26.6 Å². The van der Waals surface area contributed by atoms with Crippen LogP contribution in [0.3, 0.4) is 0 Å². The lowest BCUT2D eigenvalue weighted by Gasteiger charge is -2.27. The Hall–Kier alpha value is -3.49. The molecular formula is C31H36N4O5S. The van der Waals surface area contributed by atoms with E-state index in [2.05, 4.69) is 22.1 Å². The summed E-state index contributed by atoms with van der Waals surface area (Å²) >= 11 is 0. The molecule has 10 heteroatoms. The zero-order chi connectivity index (χ0) is 29.0. The highest BCUT2D eigenvalue weighted by molar-refractivity contribution is 7.91. The van der Waals surface area contributed by atoms with Crippen molar-refractivity contribution in [1.29, 1.82) is 0 Å². The maximum Gasteiger partial charge on any atom is 0.257 e. The Labute approximate surface area is 241 Å². The number of sulfone groups is 1. The molecule has 1 amide bonds. The summed E-state index contributed by atoms with van der Waals surface area (Å²) in [6.45, 7) is 7.29. The number of rotatable bonds is 6. The highest BCUT2D eigenvalue weighted by Gasteiger charge is 2.21. The number of morpholine rings is 1. The van der Waals surface area contributed by atoms with Crippen molar-refractivity contribution in [2.75, 3.05) is 57.4 Å². The van der Waals surface area contributed by atoms with Crippen LogP contribution >= 0.6 is 0 Å². The number of carbonyl (C=O) groups is 1. The summed E-state index contributed by atoms with van der Waals surface area (Å²) < 4.78 is 30.8. The van der Waals surface area contributed by atoms with Crippen LogP contribution in [0.5, 0.6) is 0 Å². The number of aromatic nitrogens is 1. The first kappa shape index (κ1) is 29.0. The fourth-order valence-corrected chi connectivity index (χ4v) is 6.49. The number of carbonyl (C=O) groups excluding carboxylic acids is 1. The monoisotopic (exact) mass is 576 g/mol. The smallest absolute Gasteiger partial charge is 0.257 e. The number of nitrogens with one attached hydrogen (secondary N) is 1. The van der Waals surface area contributed by atoms with Gasteiger partial charge in [-0.3, -0.25) is 19.4 Å². The van der Waals surface area contributed by atoms with Gasteiger partial charge in [-0.15, -0.1) is 0 Å². The SMILES string of the molecule is Cc1ccc(CNC(=O)c2cn(C)c3c(C#CCN4CCS(=O)(=O)CC4)cc(CN4CCOCC4)cc3c2=O)cc1. The van der Waals surface area contributed by atoms with E-state index in [0.29, 0.717) is 62.4 Å². The Morgan fingerprint density at radius 2 is 1.71 bits per heavy atom. The molecule has 216 valence electrons. The Kier molecular flexibility index (Phi) is 8.90. The largest absolute Gasteiger partial charge is 0.379 e. The maximum atomic E-state index is 13.7. The van der Waals surface area contributed by atoms with Crippen LogP contribution in [0, 0.1) is 18.8 Å². The van der Waals surface area contributed by atoms with Crippen molar-refractivity contribution in [3.8, 4) is 11.8 Å². The van der Waals surface area contributed by atoms with Crippen LogP contribution in [0.4, 0.5) is 0 Å². The number of amides is 1. The lowest BCUT2D eigenvalue weighted by Crippen LogP contribution is -2.40. The summed E-state index contributed by atoms with van der Waals surface area (Å²) in [5.74, 6) is 6.34. The van der Waals surface area contributed by atoms with Crippen molar-refractivity contribution < 1.29 is 17.9 Å². The fourth-order valence-electron chi connectivity index (χ4n) is 5.21. The zero-order valence-corrected chi connectivity index (χ0v) is 24.4. The second kappa shape index (κ2) is 12.6. The van der Waals surface area contributed by atoms with Crippen LogP contribution in [0.25, 0.3) is 10.9 Å². The topological polar surface area (TPSA) is 101 Å². The molecule has 0 radical (unpaired) electrons. The summed E-state index contributed by atoms with van der Waals surface area (Å²) in [4.78, 5) is 31.2. The minimum Gasteiger partial charge on any atom is -0.379 e. The normalized spacial score (nSPS) is 17.6. The Bertz CT molecular complexity index is 1650. The first-order chi connectivity index (χ1) is 19.7. The van der Waals surface area contributed by atoms with Gasteiger partial charge in [-0.2, -0.15) is 0 Å². The number of aryl methyl sites for hydroxylation is 2. The molecule has 41 heavy (non-hydrogen) atoms. The van der Waals surface area contributed by atoms with Crippen LogP contribution in [0.15, 0.2) is 47.4 Å². The molecule has 0 unspecified atom stereocenters. The molecule has 5 rings (SSSR count). The second-order valence-corrected chi connectivity index (χ2v) is 13.1. The zero-order valence-electron chi connectivity index (χ0n) is 23.6. The molecule has 0 aliphatic carbocycles. The van der Waals surface area contributed by atoms with E-state index in [0.717, 1.165) is 29.8 Å². The van der Waals surface area contributed by atoms with Gasteiger partial charge in [0.1, 0.15) is 5.56 Å². The lowest BCUT2D eigenvalue weighted by molar-refractivity contribution is 0.0342. The molecule has 1 N–H and O–H groups in total. The third kappa shape index (κ3) is 7.24. The minimum absolute atomic E-state index is 0.0871. The summed E-state index contributed by atoms with van der Waals surface area (Å²) in [6, 6.07) is 11.8. The average Bonchev–Trinajstić information content (AvgIpc) is 2.95. The molecule has 2 aliphatic rings. The van der Waals surface area contributed by atoms with E-state index in [9.17, 15) is 18.0 Å². The van der Waals surface area contributed by atoms with Crippen molar-refractivity contribution in [1.82, 2.24) is 19.7 Å². The van der Waals surface area contributed by atoms with Gasteiger partial charge < -0.3 is 14.6 Å². The standard InChI is InChI=1S/C31H36N4O5S/c1-23-5-7-24(8-6-23)20-32-31(37)28-22-33(2)29-26(4-3-9-34-12-16-41(38,39)17-13-34)18-25(19-27(29)30(28)36)21-35-10-14-40-15-11-35/h5-8,18-19,22H,9-17,20-21H2,1-2H3,(H,32,37). The first-order valence-electron chi connectivity index (χ1n) is 13.9. The molecule has 2 saturated heterocycles. The predicted molar refractivity (Wildman–Crippen MR) is 160 cm³/mol. The van der Waals surface area contributed by atoms with Gasteiger partial charge in [0.05, 0.1) is 36.8 Å². The van der Waals surface area contributed by atoms with Crippen molar-refractivity contribution in [2.45, 2.75) is 20.0 Å². The van der Waals surface area contributed by atoms with Gasteiger partial charge >= 0.3 is 0 Å². The number of hydrogen-bond donors (Lipinski definition) is 1. The van der Waals surface area contributed by atoms with E-state index in [1.54, 1.807) is 10.8 Å². The summed E-state index contributed by atoms with van der Waals surface area (Å²) in [5, 5.41) is 3.34. The van der Waals surface area contributed by atoms with Crippen LogP contribution in [-0.4, -0.2) is 86.1 Å². The lowest BCUT2D eigenvalue weighted by atomic mass is 10.0. The number of benzene rings is 2. The quantitative estimate of drug-likeness (QED) is 0.446. The van der Waals surface area contributed by atoms with Crippen molar-refractivity contribution in [3.05, 3.63) is 80.6 Å². The van der Waals surface area contributed by atoms with Crippen molar-refractivity contribution in [3.63, 3.8) is 0 Å². The first-order valence-corrected chi connectivity index (χ1v) is 15.7. The van der Waals surface area contributed by atoms with Gasteiger partial charge in [-0.05, 0) is 30.2 Å². The summed E-state index contributed by atoms with van der Waals surface area (Å²) in [6.07, 6.45) is 1.58. The molecule has 2 aliphatic heterocycles. The van der Waals surface area contributed by atoms with Crippen molar-refractivity contribution in [2.24, 2.45) is 7.05 Å². The van der Waals surface area contributed by atoms with E-state index >= 15 is 0 Å². The van der Waals surface area contributed by atoms with Crippen LogP contribution in [0.1, 0.15) is 32.6 Å². The maximum absolute atomic E-state index is 13.7. The van der Waals surface area contributed by atoms with Gasteiger partial charge in [0.15, 0.2) is 9.84 Å². The number of hydrogen-bond acceptors (Lipinski definition) is 7. The fraction of sp³-hybridized carbons (Fsp3) is 0.419. The molecule has 1 aromatic heterocycles. The van der Waals surface area contributed by atoms with E-state index < -0.39 is 15.7 Å². The van der Waals surface area contributed by atoms with Gasteiger partial charge in [0, 0.05) is 63.5 Å². The molecule has 3 heterocycles. The molecule has 0 spiro atoms. The van der Waals surface area contributed by atoms with E-state index in [1.165, 1.54) is 0 Å². The van der Waals surface area contributed by atoms with Crippen LogP contribution in [0.2, 0.25) is 0 Å². The van der Waals surface area contributed by atoms with E-state index in [-0.39, 0.29) is 22.5 Å². The van der Waals surface area contributed by atoms with Gasteiger partial charge in [0.25, 0.3) is 5.91 Å². The van der Waals surface area contributed by atoms with Crippen LogP contribution in [-0.2, 0) is 34.7 Å². The number of pyridine rings is 1. The van der Waals surface area contributed by atoms with Gasteiger partial charge in [-0.1, -0.05) is 41.7 Å². The predicted octanol–water partition coefficient (Wildman–Crippen LogP) is 1.69. The van der Waals surface area contributed by atoms with E-state index in [4.69, 9.17) is 4.74 Å². The number of fused-ring (bicyclic) bond motifs is 1. The van der Waals surface area contributed by atoms with E-state index in [1.807, 2.05) is 55.3 Å².